The summed E-state index contributed by atoms with van der Waals surface area (Å²) in [5, 5.41) is 0.792. The molecule has 0 spiro atoms. The summed E-state index contributed by atoms with van der Waals surface area (Å²) in [6.45, 7) is 6.70. The number of aromatic nitrogens is 1. The summed E-state index contributed by atoms with van der Waals surface area (Å²) in [6.07, 6.45) is 1.74. The van der Waals surface area contributed by atoms with Gasteiger partial charge in [-0.25, -0.2) is 4.98 Å². The molecule has 0 saturated carbocycles. The van der Waals surface area contributed by atoms with Crippen molar-refractivity contribution in [3.63, 3.8) is 0 Å². The molecular formula is C14H15Cl2NOS. The van der Waals surface area contributed by atoms with Gasteiger partial charge < -0.3 is 4.74 Å². The highest BCUT2D eigenvalue weighted by Gasteiger charge is 2.10. The monoisotopic (exact) mass is 315 g/mol. The van der Waals surface area contributed by atoms with Crippen LogP contribution in [0.15, 0.2) is 18.3 Å². The molecule has 0 saturated heterocycles. The third-order valence-corrected chi connectivity index (χ3v) is 4.23. The first-order chi connectivity index (χ1) is 8.97. The molecule has 0 radical (unpaired) electrons. The zero-order valence-electron chi connectivity index (χ0n) is 11.0. The van der Waals surface area contributed by atoms with Crippen molar-refractivity contribution in [2.24, 2.45) is 0 Å². The average molecular weight is 316 g/mol. The van der Waals surface area contributed by atoms with Crippen LogP contribution in [-0.4, -0.2) is 4.98 Å². The minimum Gasteiger partial charge on any atom is -0.488 e. The van der Waals surface area contributed by atoms with Gasteiger partial charge in [0.15, 0.2) is 4.47 Å². The summed E-state index contributed by atoms with van der Waals surface area (Å²) in [6, 6.07) is 3.97. The average Bonchev–Trinajstić information content (AvgIpc) is 2.73. The minimum absolute atomic E-state index is 0.369. The van der Waals surface area contributed by atoms with E-state index < -0.39 is 0 Å². The third-order valence-electron chi connectivity index (χ3n) is 2.81. The van der Waals surface area contributed by atoms with E-state index in [1.54, 1.807) is 6.20 Å². The molecule has 0 amide bonds. The number of aryl methyl sites for hydroxylation is 1. The van der Waals surface area contributed by atoms with Crippen LogP contribution in [0.4, 0.5) is 0 Å². The van der Waals surface area contributed by atoms with E-state index in [2.05, 4.69) is 18.8 Å². The normalized spacial score (nSPS) is 11.1. The molecule has 0 bridgehead atoms. The first-order valence-corrected chi connectivity index (χ1v) is 7.57. The zero-order chi connectivity index (χ0) is 14.0. The van der Waals surface area contributed by atoms with E-state index in [-0.39, 0.29) is 0 Å². The Kier molecular flexibility index (Phi) is 4.71. The van der Waals surface area contributed by atoms with Crippen molar-refractivity contribution in [2.75, 3.05) is 0 Å². The first kappa shape index (κ1) is 14.6. The maximum atomic E-state index is 6.24. The van der Waals surface area contributed by atoms with Crippen LogP contribution >= 0.6 is 34.5 Å². The summed E-state index contributed by atoms with van der Waals surface area (Å²) in [7, 11) is 0. The quantitative estimate of drug-likeness (QED) is 0.747. The molecule has 0 aliphatic heterocycles. The Morgan fingerprint density at radius 1 is 1.32 bits per heavy atom. The van der Waals surface area contributed by atoms with Gasteiger partial charge in [0, 0.05) is 11.2 Å². The Morgan fingerprint density at radius 3 is 2.63 bits per heavy atom. The minimum atomic E-state index is 0.369. The smallest absolute Gasteiger partial charge is 0.183 e. The van der Waals surface area contributed by atoms with Gasteiger partial charge in [-0.1, -0.05) is 37.0 Å². The molecule has 2 nitrogen and oxygen atoms in total. The van der Waals surface area contributed by atoms with E-state index in [4.69, 9.17) is 27.9 Å². The van der Waals surface area contributed by atoms with Gasteiger partial charge >= 0.3 is 0 Å². The lowest BCUT2D eigenvalue weighted by atomic mass is 10.0. The highest BCUT2D eigenvalue weighted by atomic mass is 35.5. The molecule has 2 rings (SSSR count). The topological polar surface area (TPSA) is 22.1 Å². The van der Waals surface area contributed by atoms with Crippen molar-refractivity contribution in [2.45, 2.75) is 33.3 Å². The maximum Gasteiger partial charge on any atom is 0.183 e. The van der Waals surface area contributed by atoms with E-state index in [9.17, 15) is 0 Å². The summed E-state index contributed by atoms with van der Waals surface area (Å²) < 4.78 is 6.37. The van der Waals surface area contributed by atoms with Crippen molar-refractivity contribution in [3.05, 3.63) is 43.8 Å². The molecule has 2 aromatic rings. The van der Waals surface area contributed by atoms with Crippen LogP contribution in [0.3, 0.4) is 0 Å². The van der Waals surface area contributed by atoms with Crippen molar-refractivity contribution < 1.29 is 4.74 Å². The molecule has 0 aliphatic carbocycles. The molecule has 1 aromatic carbocycles. The Balaban J connectivity index is 2.17. The van der Waals surface area contributed by atoms with Crippen molar-refractivity contribution in [1.29, 1.82) is 0 Å². The number of rotatable bonds is 4. The van der Waals surface area contributed by atoms with E-state index in [1.807, 2.05) is 19.1 Å². The lowest BCUT2D eigenvalue weighted by Crippen LogP contribution is -1.98. The molecule has 0 fully saturated rings. The van der Waals surface area contributed by atoms with Gasteiger partial charge in [-0.05, 0) is 36.1 Å². The van der Waals surface area contributed by atoms with Crippen LogP contribution < -0.4 is 4.74 Å². The number of ether oxygens (including phenoxy) is 1. The number of hydrogen-bond donors (Lipinski definition) is 0. The molecule has 0 unspecified atom stereocenters. The summed E-state index contributed by atoms with van der Waals surface area (Å²) >= 11 is 13.5. The fourth-order valence-corrected chi connectivity index (χ4v) is 3.09. The predicted octanol–water partition coefficient (Wildman–Crippen LogP) is 5.46. The Labute approximate surface area is 127 Å². The highest BCUT2D eigenvalue weighted by molar-refractivity contribution is 7.15. The van der Waals surface area contributed by atoms with Crippen LogP contribution in [0.5, 0.6) is 5.75 Å². The molecule has 1 aromatic heterocycles. The Morgan fingerprint density at radius 2 is 2.05 bits per heavy atom. The lowest BCUT2D eigenvalue weighted by Gasteiger charge is -2.14. The number of nitrogens with zero attached hydrogens (tertiary/aromatic N) is 1. The van der Waals surface area contributed by atoms with Gasteiger partial charge in [-0.2, -0.15) is 0 Å². The third kappa shape index (κ3) is 3.62. The molecule has 19 heavy (non-hydrogen) atoms. The number of thiazole rings is 1. The molecule has 0 aliphatic rings. The fraction of sp³-hybridized carbons (Fsp3) is 0.357. The summed E-state index contributed by atoms with van der Waals surface area (Å²) in [4.78, 5) is 5.00. The molecule has 102 valence electrons. The van der Waals surface area contributed by atoms with Crippen molar-refractivity contribution in [1.82, 2.24) is 4.98 Å². The number of benzene rings is 1. The van der Waals surface area contributed by atoms with Gasteiger partial charge in [0.2, 0.25) is 0 Å². The summed E-state index contributed by atoms with van der Waals surface area (Å²) in [5.41, 5.74) is 2.13. The largest absolute Gasteiger partial charge is 0.488 e. The Bertz CT molecular complexity index is 581. The summed E-state index contributed by atoms with van der Waals surface area (Å²) in [5.74, 6) is 1.23. The predicted molar refractivity (Wildman–Crippen MR) is 81.7 cm³/mol. The number of hydrogen-bond acceptors (Lipinski definition) is 3. The first-order valence-electron chi connectivity index (χ1n) is 6.00. The zero-order valence-corrected chi connectivity index (χ0v) is 13.4. The van der Waals surface area contributed by atoms with Gasteiger partial charge in [-0.3, -0.25) is 0 Å². The highest BCUT2D eigenvalue weighted by Crippen LogP contribution is 2.32. The molecule has 0 N–H and O–H groups in total. The van der Waals surface area contributed by atoms with E-state index in [0.717, 1.165) is 26.8 Å². The second-order valence-corrected chi connectivity index (χ2v) is 6.77. The number of halogens is 2. The van der Waals surface area contributed by atoms with Crippen LogP contribution in [-0.2, 0) is 6.61 Å². The van der Waals surface area contributed by atoms with E-state index >= 15 is 0 Å². The molecule has 0 atom stereocenters. The van der Waals surface area contributed by atoms with Crippen LogP contribution in [0, 0.1) is 6.92 Å². The standard InChI is InChI=1S/C14H15Cl2NOS/c1-8(2)11-5-13(9(3)4-12(11)15)18-7-10-6-17-14(16)19-10/h4-6,8H,7H2,1-3H3. The van der Waals surface area contributed by atoms with Gasteiger partial charge in [0.25, 0.3) is 0 Å². The van der Waals surface area contributed by atoms with Gasteiger partial charge in [0.1, 0.15) is 12.4 Å². The van der Waals surface area contributed by atoms with Crippen molar-refractivity contribution in [3.8, 4) is 5.75 Å². The van der Waals surface area contributed by atoms with E-state index in [1.165, 1.54) is 11.3 Å². The van der Waals surface area contributed by atoms with Crippen LogP contribution in [0.25, 0.3) is 0 Å². The van der Waals surface area contributed by atoms with Gasteiger partial charge in [0.05, 0.1) is 4.88 Å². The SMILES string of the molecule is Cc1cc(Cl)c(C(C)C)cc1OCc1cnc(Cl)s1. The second-order valence-electron chi connectivity index (χ2n) is 4.66. The van der Waals surface area contributed by atoms with Crippen LogP contribution in [0.1, 0.15) is 35.8 Å². The fourth-order valence-electron chi connectivity index (χ4n) is 1.77. The molecule has 1 heterocycles. The van der Waals surface area contributed by atoms with Gasteiger partial charge in [-0.15, -0.1) is 11.3 Å². The van der Waals surface area contributed by atoms with Crippen LogP contribution in [0.2, 0.25) is 9.49 Å². The lowest BCUT2D eigenvalue weighted by molar-refractivity contribution is 0.307. The van der Waals surface area contributed by atoms with E-state index in [0.29, 0.717) is 17.0 Å². The Hall–Kier alpha value is -0.770. The molecular weight excluding hydrogens is 301 g/mol. The second kappa shape index (κ2) is 6.12. The molecule has 5 heteroatoms. The maximum absolute atomic E-state index is 6.24. The van der Waals surface area contributed by atoms with Crippen molar-refractivity contribution >= 4 is 34.5 Å².